The van der Waals surface area contributed by atoms with E-state index in [0.29, 0.717) is 5.69 Å². The fourth-order valence-corrected chi connectivity index (χ4v) is 1.77. The van der Waals surface area contributed by atoms with Gasteiger partial charge in [0.05, 0.1) is 16.9 Å². The second kappa shape index (κ2) is 4.09. The van der Waals surface area contributed by atoms with Crippen LogP contribution in [0.4, 0.5) is 0 Å². The molecule has 0 amide bonds. The molecular weight excluding hydrogens is 272 g/mol. The lowest BCUT2D eigenvalue weighted by molar-refractivity contribution is 0.0696. The molecule has 0 fully saturated rings. The van der Waals surface area contributed by atoms with Crippen molar-refractivity contribution in [3.8, 4) is 5.69 Å². The van der Waals surface area contributed by atoms with Gasteiger partial charge < -0.3 is 5.11 Å². The van der Waals surface area contributed by atoms with Crippen LogP contribution in [0.3, 0.4) is 0 Å². The van der Waals surface area contributed by atoms with E-state index in [9.17, 15) is 4.79 Å². The molecule has 1 N–H and O–H groups in total. The molecule has 0 spiro atoms. The summed E-state index contributed by atoms with van der Waals surface area (Å²) in [5.41, 5.74) is 1.62. The zero-order valence-corrected chi connectivity index (χ0v) is 10.1. The van der Waals surface area contributed by atoms with E-state index in [1.54, 1.807) is 29.1 Å². The average Bonchev–Trinajstić information content (AvgIpc) is 2.64. The summed E-state index contributed by atoms with van der Waals surface area (Å²) in [4.78, 5) is 11.1. The minimum Gasteiger partial charge on any atom is -0.478 e. The number of hydrogen-bond acceptors (Lipinski definition) is 2. The van der Waals surface area contributed by atoms with Gasteiger partial charge in [-0.25, -0.2) is 9.48 Å². The van der Waals surface area contributed by atoms with Crippen LogP contribution in [-0.4, -0.2) is 20.9 Å². The summed E-state index contributed by atoms with van der Waals surface area (Å²) >= 11 is 3.32. The Balaban J connectivity index is 2.62. The Kier molecular flexibility index (Phi) is 2.78. The highest BCUT2D eigenvalue weighted by molar-refractivity contribution is 9.10. The maximum absolute atomic E-state index is 11.1. The van der Waals surface area contributed by atoms with Crippen molar-refractivity contribution in [3.05, 3.63) is 46.2 Å². The molecule has 82 valence electrons. The van der Waals surface area contributed by atoms with Crippen LogP contribution in [0.5, 0.6) is 0 Å². The lowest BCUT2D eigenvalue weighted by Crippen LogP contribution is -2.06. The monoisotopic (exact) mass is 280 g/mol. The predicted octanol–water partition coefficient (Wildman–Crippen LogP) is 2.64. The van der Waals surface area contributed by atoms with Gasteiger partial charge in [0.2, 0.25) is 0 Å². The summed E-state index contributed by atoms with van der Waals surface area (Å²) in [5.74, 6) is -0.962. The Morgan fingerprint density at radius 1 is 1.44 bits per heavy atom. The van der Waals surface area contributed by atoms with E-state index in [4.69, 9.17) is 5.11 Å². The molecule has 1 heterocycles. The second-order valence-electron chi connectivity index (χ2n) is 3.37. The number of carbonyl (C=O) groups is 1. The summed E-state index contributed by atoms with van der Waals surface area (Å²) in [6.45, 7) is 1.86. The first-order valence-corrected chi connectivity index (χ1v) is 5.43. The van der Waals surface area contributed by atoms with Crippen molar-refractivity contribution >= 4 is 21.9 Å². The van der Waals surface area contributed by atoms with Crippen LogP contribution in [0.2, 0.25) is 0 Å². The zero-order chi connectivity index (χ0) is 11.7. The molecule has 0 unspecified atom stereocenters. The Morgan fingerprint density at radius 2 is 2.19 bits per heavy atom. The molecule has 16 heavy (non-hydrogen) atoms. The number of aromatic carboxylic acids is 1. The number of carboxylic acid groups (broad SMARTS) is 1. The molecule has 2 aromatic rings. The summed E-state index contributed by atoms with van der Waals surface area (Å²) in [7, 11) is 0. The minimum atomic E-state index is -0.962. The topological polar surface area (TPSA) is 55.1 Å². The molecule has 0 aliphatic heterocycles. The van der Waals surface area contributed by atoms with Gasteiger partial charge in [-0.05, 0) is 31.2 Å². The van der Waals surface area contributed by atoms with Crippen molar-refractivity contribution in [3.63, 3.8) is 0 Å². The lowest BCUT2D eigenvalue weighted by atomic mass is 10.2. The third kappa shape index (κ3) is 1.99. The summed E-state index contributed by atoms with van der Waals surface area (Å²) < 4.78 is 2.38. The highest BCUT2D eigenvalue weighted by Crippen LogP contribution is 2.20. The molecule has 0 aliphatic carbocycles. The molecule has 1 aromatic heterocycles. The van der Waals surface area contributed by atoms with Gasteiger partial charge in [-0.15, -0.1) is 0 Å². The molecule has 5 heteroatoms. The van der Waals surface area contributed by atoms with E-state index in [1.165, 1.54) is 0 Å². The van der Waals surface area contributed by atoms with Crippen molar-refractivity contribution in [2.75, 3.05) is 0 Å². The number of hydrogen-bond donors (Lipinski definition) is 1. The van der Waals surface area contributed by atoms with Gasteiger partial charge in [0.1, 0.15) is 0 Å². The third-order valence-electron chi connectivity index (χ3n) is 2.16. The number of halogens is 1. The normalized spacial score (nSPS) is 10.4. The number of aryl methyl sites for hydroxylation is 1. The van der Waals surface area contributed by atoms with Gasteiger partial charge in [0.15, 0.2) is 0 Å². The van der Waals surface area contributed by atoms with Crippen molar-refractivity contribution < 1.29 is 9.90 Å². The number of nitrogens with zero attached hydrogens (tertiary/aromatic N) is 2. The Labute approximate surface area is 101 Å². The fraction of sp³-hybridized carbons (Fsp3) is 0.0909. The maximum Gasteiger partial charge on any atom is 0.337 e. The minimum absolute atomic E-state index is 0.228. The Morgan fingerprint density at radius 3 is 2.75 bits per heavy atom. The van der Waals surface area contributed by atoms with E-state index in [2.05, 4.69) is 21.0 Å². The second-order valence-corrected chi connectivity index (χ2v) is 4.28. The van der Waals surface area contributed by atoms with E-state index in [1.807, 2.05) is 13.0 Å². The first-order valence-electron chi connectivity index (χ1n) is 4.63. The van der Waals surface area contributed by atoms with Crippen LogP contribution in [0.15, 0.2) is 34.9 Å². The summed E-state index contributed by atoms with van der Waals surface area (Å²) in [6, 6.07) is 6.81. The van der Waals surface area contributed by atoms with E-state index < -0.39 is 5.97 Å². The Hall–Kier alpha value is -1.62. The van der Waals surface area contributed by atoms with Crippen LogP contribution < -0.4 is 0 Å². The highest BCUT2D eigenvalue weighted by Gasteiger charge is 2.12. The van der Waals surface area contributed by atoms with Gasteiger partial charge in [-0.2, -0.15) is 5.10 Å². The van der Waals surface area contributed by atoms with Crippen molar-refractivity contribution in [1.82, 2.24) is 9.78 Å². The van der Waals surface area contributed by atoms with Crippen molar-refractivity contribution in [2.24, 2.45) is 0 Å². The molecule has 0 saturated heterocycles. The van der Waals surface area contributed by atoms with E-state index >= 15 is 0 Å². The first-order chi connectivity index (χ1) is 7.58. The van der Waals surface area contributed by atoms with Gasteiger partial charge in [-0.1, -0.05) is 15.9 Å². The summed E-state index contributed by atoms with van der Waals surface area (Å²) in [5, 5.41) is 13.3. The lowest BCUT2D eigenvalue weighted by Gasteiger charge is -2.06. The molecule has 0 radical (unpaired) electrons. The van der Waals surface area contributed by atoms with E-state index in [0.717, 1.165) is 10.2 Å². The molecule has 0 aliphatic rings. The van der Waals surface area contributed by atoms with Gasteiger partial charge >= 0.3 is 5.97 Å². The van der Waals surface area contributed by atoms with Gasteiger partial charge in [-0.3, -0.25) is 0 Å². The van der Waals surface area contributed by atoms with Crippen LogP contribution in [-0.2, 0) is 0 Å². The number of benzene rings is 1. The number of rotatable bonds is 2. The largest absolute Gasteiger partial charge is 0.478 e. The molecule has 0 saturated carbocycles. The number of carboxylic acids is 1. The highest BCUT2D eigenvalue weighted by atomic mass is 79.9. The van der Waals surface area contributed by atoms with Crippen molar-refractivity contribution in [2.45, 2.75) is 6.92 Å². The van der Waals surface area contributed by atoms with Crippen LogP contribution in [0.25, 0.3) is 5.69 Å². The zero-order valence-electron chi connectivity index (χ0n) is 8.51. The van der Waals surface area contributed by atoms with Gasteiger partial charge in [0, 0.05) is 10.7 Å². The first kappa shape index (κ1) is 10.9. The quantitative estimate of drug-likeness (QED) is 0.920. The molecular formula is C11H9BrN2O2. The molecule has 0 bridgehead atoms. The molecule has 0 atom stereocenters. The third-order valence-corrected chi connectivity index (χ3v) is 2.65. The van der Waals surface area contributed by atoms with Crippen LogP contribution in [0.1, 0.15) is 16.1 Å². The standard InChI is InChI=1S/C11H9BrN2O2/c1-7-4-5-14(13-7)10-6-8(12)2-3-9(10)11(15)16/h2-6H,1H3,(H,15,16). The van der Waals surface area contributed by atoms with Crippen LogP contribution >= 0.6 is 15.9 Å². The molecule has 4 nitrogen and oxygen atoms in total. The maximum atomic E-state index is 11.1. The Bertz CT molecular complexity index is 549. The fourth-order valence-electron chi connectivity index (χ4n) is 1.42. The number of aromatic nitrogens is 2. The van der Waals surface area contributed by atoms with Crippen LogP contribution in [0, 0.1) is 6.92 Å². The van der Waals surface area contributed by atoms with Crippen molar-refractivity contribution in [1.29, 1.82) is 0 Å². The molecule has 1 aromatic carbocycles. The van der Waals surface area contributed by atoms with E-state index in [-0.39, 0.29) is 5.56 Å². The SMILES string of the molecule is Cc1ccn(-c2cc(Br)ccc2C(=O)O)n1. The smallest absolute Gasteiger partial charge is 0.337 e. The predicted molar refractivity (Wildman–Crippen MR) is 63.0 cm³/mol. The average molecular weight is 281 g/mol. The summed E-state index contributed by atoms with van der Waals surface area (Å²) in [6.07, 6.45) is 1.74. The molecule has 2 rings (SSSR count). The van der Waals surface area contributed by atoms with Gasteiger partial charge in [0.25, 0.3) is 0 Å².